The van der Waals surface area contributed by atoms with Gasteiger partial charge in [-0.3, -0.25) is 0 Å². The van der Waals surface area contributed by atoms with E-state index < -0.39 is 0 Å². The standard InChI is InChI=1S/C23H25N/c1-16-6-10-21(11-7-16)24(22-12-8-17(2)9-13-22)23-19(4)14-18(3)15-20(23)5/h6-15H,1-5H3. The molecule has 0 fully saturated rings. The van der Waals surface area contributed by atoms with Gasteiger partial charge >= 0.3 is 0 Å². The Labute approximate surface area is 145 Å². The summed E-state index contributed by atoms with van der Waals surface area (Å²) in [4.78, 5) is 2.36. The van der Waals surface area contributed by atoms with Gasteiger partial charge in [0, 0.05) is 11.4 Å². The minimum atomic E-state index is 1.19. The van der Waals surface area contributed by atoms with Gasteiger partial charge in [0.1, 0.15) is 0 Å². The van der Waals surface area contributed by atoms with Gasteiger partial charge in [-0.25, -0.2) is 0 Å². The highest BCUT2D eigenvalue weighted by Crippen LogP contribution is 2.39. The number of rotatable bonds is 3. The zero-order chi connectivity index (χ0) is 17.3. The summed E-state index contributed by atoms with van der Waals surface area (Å²) in [6, 6.07) is 22.0. The quantitative estimate of drug-likeness (QED) is 0.520. The molecular weight excluding hydrogens is 290 g/mol. The van der Waals surface area contributed by atoms with Gasteiger partial charge in [0.2, 0.25) is 0 Å². The van der Waals surface area contributed by atoms with Crippen molar-refractivity contribution in [2.75, 3.05) is 4.90 Å². The molecule has 0 atom stereocenters. The zero-order valence-electron chi connectivity index (χ0n) is 15.2. The summed E-state index contributed by atoms with van der Waals surface area (Å²) in [5, 5.41) is 0. The highest BCUT2D eigenvalue weighted by atomic mass is 15.1. The molecule has 1 heteroatoms. The first kappa shape index (κ1) is 16.3. The topological polar surface area (TPSA) is 3.24 Å². The summed E-state index contributed by atoms with van der Waals surface area (Å²) in [6.45, 7) is 10.8. The maximum Gasteiger partial charge on any atom is 0.0520 e. The maximum absolute atomic E-state index is 2.36. The van der Waals surface area contributed by atoms with Crippen molar-refractivity contribution in [1.29, 1.82) is 0 Å². The van der Waals surface area contributed by atoms with E-state index in [1.165, 1.54) is 44.9 Å². The minimum Gasteiger partial charge on any atom is -0.310 e. The Hall–Kier alpha value is -2.54. The number of aryl methyl sites for hydroxylation is 5. The molecular formula is C23H25N. The van der Waals surface area contributed by atoms with Crippen LogP contribution in [0.15, 0.2) is 60.7 Å². The first-order valence-electron chi connectivity index (χ1n) is 8.47. The van der Waals surface area contributed by atoms with E-state index in [1.807, 2.05) is 0 Å². The second-order valence-corrected chi connectivity index (χ2v) is 6.75. The molecule has 0 N–H and O–H groups in total. The molecule has 122 valence electrons. The summed E-state index contributed by atoms with van der Waals surface area (Å²) < 4.78 is 0. The lowest BCUT2D eigenvalue weighted by Crippen LogP contribution is -2.13. The Kier molecular flexibility index (Phi) is 4.44. The third-order valence-corrected chi connectivity index (χ3v) is 4.44. The lowest BCUT2D eigenvalue weighted by atomic mass is 10.0. The summed E-state index contributed by atoms with van der Waals surface area (Å²) in [5.74, 6) is 0. The van der Waals surface area contributed by atoms with Crippen LogP contribution in [0.1, 0.15) is 27.8 Å². The first-order chi connectivity index (χ1) is 11.5. The molecule has 0 radical (unpaired) electrons. The van der Waals surface area contributed by atoms with Gasteiger partial charge in [0.05, 0.1) is 5.69 Å². The van der Waals surface area contributed by atoms with Crippen LogP contribution in [-0.4, -0.2) is 0 Å². The molecule has 0 aliphatic carbocycles. The SMILES string of the molecule is Cc1ccc(N(c2ccc(C)cc2)c2c(C)cc(C)cc2C)cc1. The Morgan fingerprint density at radius 3 is 1.25 bits per heavy atom. The van der Waals surface area contributed by atoms with Crippen LogP contribution in [0.3, 0.4) is 0 Å². The molecule has 1 nitrogen and oxygen atoms in total. The predicted octanol–water partition coefficient (Wildman–Crippen LogP) is 6.70. The maximum atomic E-state index is 2.36. The molecule has 0 bridgehead atoms. The lowest BCUT2D eigenvalue weighted by Gasteiger charge is -2.29. The monoisotopic (exact) mass is 315 g/mol. The zero-order valence-corrected chi connectivity index (χ0v) is 15.2. The van der Waals surface area contributed by atoms with Crippen LogP contribution in [0, 0.1) is 34.6 Å². The Balaban J connectivity index is 2.22. The fraction of sp³-hybridized carbons (Fsp3) is 0.217. The molecule has 0 heterocycles. The largest absolute Gasteiger partial charge is 0.310 e. The molecule has 0 saturated carbocycles. The van der Waals surface area contributed by atoms with E-state index in [9.17, 15) is 0 Å². The average molecular weight is 315 g/mol. The Bertz CT molecular complexity index is 774. The van der Waals surface area contributed by atoms with Crippen molar-refractivity contribution in [2.45, 2.75) is 34.6 Å². The number of anilines is 3. The summed E-state index contributed by atoms with van der Waals surface area (Å²) in [6.07, 6.45) is 0. The van der Waals surface area contributed by atoms with Crippen molar-refractivity contribution in [3.63, 3.8) is 0 Å². The smallest absolute Gasteiger partial charge is 0.0520 e. The minimum absolute atomic E-state index is 1.19. The van der Waals surface area contributed by atoms with E-state index in [0.29, 0.717) is 0 Å². The summed E-state index contributed by atoms with van der Waals surface area (Å²) >= 11 is 0. The fourth-order valence-electron chi connectivity index (χ4n) is 3.32. The van der Waals surface area contributed by atoms with Crippen molar-refractivity contribution >= 4 is 17.1 Å². The van der Waals surface area contributed by atoms with Crippen molar-refractivity contribution < 1.29 is 0 Å². The number of benzene rings is 3. The molecule has 0 aromatic heterocycles. The van der Waals surface area contributed by atoms with Crippen molar-refractivity contribution in [3.8, 4) is 0 Å². The molecule has 0 amide bonds. The summed E-state index contributed by atoms with van der Waals surface area (Å²) in [7, 11) is 0. The third-order valence-electron chi connectivity index (χ3n) is 4.44. The van der Waals surface area contributed by atoms with Gasteiger partial charge in [0.15, 0.2) is 0 Å². The predicted molar refractivity (Wildman–Crippen MR) is 105 cm³/mol. The molecule has 3 aromatic carbocycles. The van der Waals surface area contributed by atoms with Crippen molar-refractivity contribution in [2.24, 2.45) is 0 Å². The van der Waals surface area contributed by atoms with E-state index in [1.54, 1.807) is 0 Å². The Morgan fingerprint density at radius 1 is 0.500 bits per heavy atom. The second kappa shape index (κ2) is 6.52. The molecule has 3 aromatic rings. The molecule has 0 unspecified atom stereocenters. The van der Waals surface area contributed by atoms with Gasteiger partial charge < -0.3 is 4.90 Å². The highest BCUT2D eigenvalue weighted by molar-refractivity contribution is 5.80. The highest BCUT2D eigenvalue weighted by Gasteiger charge is 2.16. The van der Waals surface area contributed by atoms with Crippen LogP contribution in [0.2, 0.25) is 0 Å². The van der Waals surface area contributed by atoms with Crippen LogP contribution in [0.4, 0.5) is 17.1 Å². The molecule has 0 aliphatic heterocycles. The van der Waals surface area contributed by atoms with Crippen LogP contribution in [0.25, 0.3) is 0 Å². The van der Waals surface area contributed by atoms with Gasteiger partial charge in [0.25, 0.3) is 0 Å². The van der Waals surface area contributed by atoms with Crippen molar-refractivity contribution in [3.05, 3.63) is 88.5 Å². The molecule has 0 saturated heterocycles. The number of hydrogen-bond acceptors (Lipinski definition) is 1. The van der Waals surface area contributed by atoms with Gasteiger partial charge in [-0.2, -0.15) is 0 Å². The van der Waals surface area contributed by atoms with Gasteiger partial charge in [-0.1, -0.05) is 53.1 Å². The van der Waals surface area contributed by atoms with Crippen molar-refractivity contribution in [1.82, 2.24) is 0 Å². The summed E-state index contributed by atoms with van der Waals surface area (Å²) in [5.41, 5.74) is 10.1. The Morgan fingerprint density at radius 2 is 0.875 bits per heavy atom. The van der Waals surface area contributed by atoms with E-state index in [-0.39, 0.29) is 0 Å². The third kappa shape index (κ3) is 3.21. The van der Waals surface area contributed by atoms with Crippen LogP contribution in [0.5, 0.6) is 0 Å². The van der Waals surface area contributed by atoms with E-state index in [2.05, 4.69) is 100 Å². The molecule has 3 rings (SSSR count). The number of hydrogen-bond donors (Lipinski definition) is 0. The molecule has 0 aliphatic rings. The van der Waals surface area contributed by atoms with Gasteiger partial charge in [-0.05, 0) is 70.0 Å². The second-order valence-electron chi connectivity index (χ2n) is 6.75. The van der Waals surface area contributed by atoms with E-state index in [0.717, 1.165) is 0 Å². The number of nitrogens with zero attached hydrogens (tertiary/aromatic N) is 1. The van der Waals surface area contributed by atoms with E-state index >= 15 is 0 Å². The van der Waals surface area contributed by atoms with Crippen LogP contribution >= 0.6 is 0 Å². The van der Waals surface area contributed by atoms with E-state index in [4.69, 9.17) is 0 Å². The molecule has 0 spiro atoms. The first-order valence-corrected chi connectivity index (χ1v) is 8.47. The van der Waals surface area contributed by atoms with Crippen LogP contribution in [-0.2, 0) is 0 Å². The normalized spacial score (nSPS) is 10.7. The average Bonchev–Trinajstić information content (AvgIpc) is 2.53. The van der Waals surface area contributed by atoms with Crippen LogP contribution < -0.4 is 4.90 Å². The molecule has 24 heavy (non-hydrogen) atoms. The van der Waals surface area contributed by atoms with Gasteiger partial charge in [-0.15, -0.1) is 0 Å². The fourth-order valence-corrected chi connectivity index (χ4v) is 3.32. The lowest BCUT2D eigenvalue weighted by molar-refractivity contribution is 1.20.